The number of hydrogen-bond acceptors (Lipinski definition) is 1. The summed E-state index contributed by atoms with van der Waals surface area (Å²) in [5, 5.41) is 4.28. The molecule has 0 spiro atoms. The van der Waals surface area contributed by atoms with Crippen LogP contribution in [0.3, 0.4) is 0 Å². The van der Waals surface area contributed by atoms with Gasteiger partial charge < -0.3 is 0 Å². The average Bonchev–Trinajstić information content (AvgIpc) is 2.66. The maximum absolute atomic E-state index is 13.0. The second kappa shape index (κ2) is 4.15. The summed E-state index contributed by atoms with van der Waals surface area (Å²) in [4.78, 5) is 0. The summed E-state index contributed by atoms with van der Waals surface area (Å²) in [6.45, 7) is 4.20. The number of rotatable bonds is 2. The molecule has 1 aliphatic rings. The fraction of sp³-hybridized carbons (Fsp3) is 0.750. The van der Waals surface area contributed by atoms with Crippen LogP contribution in [0.5, 0.6) is 0 Å². The molecule has 90 valence electrons. The molecule has 0 atom stereocenters. The van der Waals surface area contributed by atoms with Gasteiger partial charge in [-0.25, -0.2) is 8.78 Å². The van der Waals surface area contributed by atoms with Crippen LogP contribution in [0.4, 0.5) is 8.78 Å². The van der Waals surface area contributed by atoms with Crippen LogP contribution in [0.2, 0.25) is 0 Å². The van der Waals surface area contributed by atoms with E-state index in [1.165, 1.54) is 0 Å². The topological polar surface area (TPSA) is 17.8 Å². The van der Waals surface area contributed by atoms with E-state index in [-0.39, 0.29) is 18.9 Å². The first-order valence-electron chi connectivity index (χ1n) is 5.91. The average molecular weight is 228 g/mol. The number of aromatic nitrogens is 2. The zero-order valence-corrected chi connectivity index (χ0v) is 9.79. The lowest BCUT2D eigenvalue weighted by Gasteiger charge is -2.29. The minimum absolute atomic E-state index is 0.00490. The summed E-state index contributed by atoms with van der Waals surface area (Å²) in [6, 6.07) is 2.14. The zero-order chi connectivity index (χ0) is 11.8. The third kappa shape index (κ3) is 2.25. The monoisotopic (exact) mass is 228 g/mol. The Labute approximate surface area is 94.6 Å². The van der Waals surface area contributed by atoms with E-state index in [0.717, 1.165) is 5.69 Å². The number of nitrogens with zero attached hydrogens (tertiary/aromatic N) is 2. The van der Waals surface area contributed by atoms with Crippen molar-refractivity contribution in [1.29, 1.82) is 0 Å². The van der Waals surface area contributed by atoms with Crippen molar-refractivity contribution in [2.45, 2.75) is 57.4 Å². The molecule has 2 nitrogen and oxygen atoms in total. The second-order valence-corrected chi connectivity index (χ2v) is 4.94. The van der Waals surface area contributed by atoms with Gasteiger partial charge in [-0.3, -0.25) is 4.68 Å². The molecular weight excluding hydrogens is 210 g/mol. The Morgan fingerprint density at radius 1 is 1.38 bits per heavy atom. The predicted molar refractivity (Wildman–Crippen MR) is 58.8 cm³/mol. The number of halogens is 2. The molecule has 0 amide bonds. The Morgan fingerprint density at radius 3 is 2.56 bits per heavy atom. The highest BCUT2D eigenvalue weighted by atomic mass is 19.3. The van der Waals surface area contributed by atoms with Crippen molar-refractivity contribution in [2.24, 2.45) is 0 Å². The maximum atomic E-state index is 13.0. The van der Waals surface area contributed by atoms with Crippen LogP contribution in [-0.2, 0) is 0 Å². The van der Waals surface area contributed by atoms with E-state index in [9.17, 15) is 8.78 Å². The molecule has 2 rings (SSSR count). The molecule has 1 heterocycles. The highest BCUT2D eigenvalue weighted by Crippen LogP contribution is 2.39. The zero-order valence-electron chi connectivity index (χ0n) is 9.79. The van der Waals surface area contributed by atoms with Gasteiger partial charge in [-0.2, -0.15) is 5.10 Å². The van der Waals surface area contributed by atoms with Crippen molar-refractivity contribution >= 4 is 0 Å². The third-order valence-electron chi connectivity index (χ3n) is 3.32. The van der Waals surface area contributed by atoms with Gasteiger partial charge in [0.15, 0.2) is 0 Å². The molecule has 0 aromatic carbocycles. The summed E-state index contributed by atoms with van der Waals surface area (Å²) in [6.07, 6.45) is 2.83. The van der Waals surface area contributed by atoms with Crippen LogP contribution in [0.15, 0.2) is 12.3 Å². The van der Waals surface area contributed by atoms with Crippen molar-refractivity contribution in [3.63, 3.8) is 0 Å². The van der Waals surface area contributed by atoms with E-state index >= 15 is 0 Å². The predicted octanol–water partition coefficient (Wildman–Crippen LogP) is 3.76. The summed E-state index contributed by atoms with van der Waals surface area (Å²) in [7, 11) is 0. The van der Waals surface area contributed by atoms with E-state index in [4.69, 9.17) is 0 Å². The second-order valence-electron chi connectivity index (χ2n) is 4.94. The molecule has 1 saturated carbocycles. The first-order valence-corrected chi connectivity index (χ1v) is 5.91. The minimum Gasteiger partial charge on any atom is -0.266 e. The molecular formula is C12H18F2N2. The summed E-state index contributed by atoms with van der Waals surface area (Å²) in [5.74, 6) is -2.06. The Balaban J connectivity index is 2.11. The molecule has 0 N–H and O–H groups in total. The Kier molecular flexibility index (Phi) is 3.00. The molecule has 0 radical (unpaired) electrons. The van der Waals surface area contributed by atoms with Gasteiger partial charge >= 0.3 is 0 Å². The van der Waals surface area contributed by atoms with Gasteiger partial charge in [-0.05, 0) is 24.8 Å². The normalized spacial score (nSPS) is 21.6. The molecule has 0 bridgehead atoms. The Hall–Kier alpha value is -0.930. The van der Waals surface area contributed by atoms with Crippen molar-refractivity contribution in [2.75, 3.05) is 0 Å². The smallest absolute Gasteiger partial charge is 0.248 e. The fourth-order valence-electron chi connectivity index (χ4n) is 2.36. The lowest BCUT2D eigenvalue weighted by atomic mass is 9.92. The van der Waals surface area contributed by atoms with Crippen molar-refractivity contribution < 1.29 is 8.78 Å². The number of alkyl halides is 2. The Morgan fingerprint density at radius 2 is 2.00 bits per heavy atom. The molecule has 1 aromatic rings. The van der Waals surface area contributed by atoms with Crippen LogP contribution in [0.1, 0.15) is 57.2 Å². The van der Waals surface area contributed by atoms with Crippen LogP contribution in [-0.4, -0.2) is 15.7 Å². The molecule has 16 heavy (non-hydrogen) atoms. The van der Waals surface area contributed by atoms with Crippen molar-refractivity contribution in [1.82, 2.24) is 9.78 Å². The van der Waals surface area contributed by atoms with Gasteiger partial charge in [0.25, 0.3) is 0 Å². The fourth-order valence-corrected chi connectivity index (χ4v) is 2.36. The quantitative estimate of drug-likeness (QED) is 0.753. The molecule has 0 saturated heterocycles. The van der Waals surface area contributed by atoms with E-state index in [1.54, 1.807) is 6.20 Å². The lowest BCUT2D eigenvalue weighted by Crippen LogP contribution is -2.27. The Bertz CT molecular complexity index is 348. The number of hydrogen-bond donors (Lipinski definition) is 0. The van der Waals surface area contributed by atoms with Crippen LogP contribution in [0, 0.1) is 0 Å². The van der Waals surface area contributed by atoms with Crippen molar-refractivity contribution in [3.8, 4) is 0 Å². The molecule has 0 unspecified atom stereocenters. The summed E-state index contributed by atoms with van der Waals surface area (Å²) >= 11 is 0. The highest BCUT2D eigenvalue weighted by molar-refractivity contribution is 5.07. The van der Waals surface area contributed by atoms with E-state index in [1.807, 2.05) is 10.7 Å². The van der Waals surface area contributed by atoms with Crippen LogP contribution < -0.4 is 0 Å². The van der Waals surface area contributed by atoms with Crippen LogP contribution >= 0.6 is 0 Å². The molecule has 1 aliphatic carbocycles. The molecule has 0 aliphatic heterocycles. The van der Waals surface area contributed by atoms with Crippen molar-refractivity contribution in [3.05, 3.63) is 18.0 Å². The van der Waals surface area contributed by atoms with Gasteiger partial charge in [0.1, 0.15) is 0 Å². The molecule has 4 heteroatoms. The van der Waals surface area contributed by atoms with Gasteiger partial charge in [-0.1, -0.05) is 13.8 Å². The standard InChI is InChI=1S/C12H18F2N2/c1-9(2)11-5-8-15-16(11)10-3-6-12(13,14)7-4-10/h5,8-10H,3-4,6-7H2,1-2H3. The third-order valence-corrected chi connectivity index (χ3v) is 3.32. The van der Waals surface area contributed by atoms with E-state index in [0.29, 0.717) is 18.8 Å². The van der Waals surface area contributed by atoms with E-state index in [2.05, 4.69) is 18.9 Å². The van der Waals surface area contributed by atoms with Gasteiger partial charge in [0.05, 0.1) is 6.04 Å². The van der Waals surface area contributed by atoms with Gasteiger partial charge in [0.2, 0.25) is 5.92 Å². The summed E-state index contributed by atoms with van der Waals surface area (Å²) in [5.41, 5.74) is 1.15. The maximum Gasteiger partial charge on any atom is 0.248 e. The SMILES string of the molecule is CC(C)c1ccnn1C1CCC(F)(F)CC1. The first-order chi connectivity index (χ1) is 7.49. The first kappa shape index (κ1) is 11.6. The molecule has 1 fully saturated rings. The lowest BCUT2D eigenvalue weighted by molar-refractivity contribution is -0.0452. The highest BCUT2D eigenvalue weighted by Gasteiger charge is 2.36. The summed E-state index contributed by atoms with van der Waals surface area (Å²) < 4.78 is 28.0. The largest absolute Gasteiger partial charge is 0.266 e. The van der Waals surface area contributed by atoms with Gasteiger partial charge in [0, 0.05) is 24.7 Å². The minimum atomic E-state index is -2.46. The molecule has 1 aromatic heterocycles. The van der Waals surface area contributed by atoms with Crippen LogP contribution in [0.25, 0.3) is 0 Å². The van der Waals surface area contributed by atoms with Gasteiger partial charge in [-0.15, -0.1) is 0 Å². The van der Waals surface area contributed by atoms with E-state index < -0.39 is 5.92 Å².